The highest BCUT2D eigenvalue weighted by Gasteiger charge is 2.21. The minimum absolute atomic E-state index is 0.109. The second kappa shape index (κ2) is 8.35. The minimum Gasteiger partial charge on any atom is -0.497 e. The molecule has 0 bridgehead atoms. The average Bonchev–Trinajstić information content (AvgIpc) is 3.12. The molecule has 2 amide bonds. The lowest BCUT2D eigenvalue weighted by atomic mass is 10.2. The van der Waals surface area contributed by atoms with Gasteiger partial charge in [-0.1, -0.05) is 0 Å². The van der Waals surface area contributed by atoms with Crippen LogP contribution >= 0.6 is 0 Å². The summed E-state index contributed by atoms with van der Waals surface area (Å²) in [5, 5.41) is 2.66. The lowest BCUT2D eigenvalue weighted by molar-refractivity contribution is -0.119. The van der Waals surface area contributed by atoms with Crippen molar-refractivity contribution < 1.29 is 23.9 Å². The van der Waals surface area contributed by atoms with E-state index >= 15 is 0 Å². The van der Waals surface area contributed by atoms with E-state index in [4.69, 9.17) is 9.47 Å². The number of methoxy groups -OCH3 is 1. The van der Waals surface area contributed by atoms with Crippen LogP contribution in [0, 0.1) is 0 Å². The van der Waals surface area contributed by atoms with Crippen molar-refractivity contribution in [1.82, 2.24) is 0 Å². The Morgan fingerprint density at radius 1 is 1.07 bits per heavy atom. The zero-order valence-electron chi connectivity index (χ0n) is 14.9. The van der Waals surface area contributed by atoms with E-state index in [1.807, 2.05) is 0 Å². The summed E-state index contributed by atoms with van der Waals surface area (Å²) in [7, 11) is 1.53. The maximum absolute atomic E-state index is 12.0. The number of hydrogen-bond acceptors (Lipinski definition) is 5. The lowest BCUT2D eigenvalue weighted by Gasteiger charge is -2.16. The maximum atomic E-state index is 12.0. The Balaban J connectivity index is 1.50. The fourth-order valence-electron chi connectivity index (χ4n) is 2.78. The first-order valence-electron chi connectivity index (χ1n) is 8.58. The van der Waals surface area contributed by atoms with Gasteiger partial charge in [-0.3, -0.25) is 9.59 Å². The molecular formula is C20H20N2O5. The molecule has 27 heavy (non-hydrogen) atoms. The van der Waals surface area contributed by atoms with Crippen LogP contribution in [0.5, 0.6) is 5.75 Å². The third-order valence-electron chi connectivity index (χ3n) is 4.20. The van der Waals surface area contributed by atoms with E-state index in [0.717, 1.165) is 12.1 Å². The molecule has 1 aliphatic heterocycles. The highest BCUT2D eigenvalue weighted by Crippen LogP contribution is 2.23. The molecule has 140 valence electrons. The highest BCUT2D eigenvalue weighted by atomic mass is 16.5. The molecule has 1 heterocycles. The van der Waals surface area contributed by atoms with Crippen LogP contribution in [-0.2, 0) is 14.3 Å². The zero-order chi connectivity index (χ0) is 19.2. The number of anilines is 2. The van der Waals surface area contributed by atoms with Crippen LogP contribution in [0.15, 0.2) is 48.5 Å². The second-order valence-electron chi connectivity index (χ2n) is 6.05. The summed E-state index contributed by atoms with van der Waals surface area (Å²) >= 11 is 0. The Morgan fingerprint density at radius 3 is 2.37 bits per heavy atom. The van der Waals surface area contributed by atoms with Crippen LogP contribution in [0.25, 0.3) is 0 Å². The first-order valence-corrected chi connectivity index (χ1v) is 8.58. The van der Waals surface area contributed by atoms with Crippen molar-refractivity contribution >= 4 is 29.2 Å². The van der Waals surface area contributed by atoms with Crippen LogP contribution in [0.1, 0.15) is 23.2 Å². The predicted octanol–water partition coefficient (Wildman–Crippen LogP) is 2.62. The fourth-order valence-corrected chi connectivity index (χ4v) is 2.78. The molecule has 0 atom stereocenters. The summed E-state index contributed by atoms with van der Waals surface area (Å²) in [5.74, 6) is -0.293. The summed E-state index contributed by atoms with van der Waals surface area (Å²) in [4.78, 5) is 37.4. The summed E-state index contributed by atoms with van der Waals surface area (Å²) in [6.45, 7) is 0.322. The van der Waals surface area contributed by atoms with Gasteiger partial charge in [-0.25, -0.2) is 4.79 Å². The number of amides is 2. The smallest absolute Gasteiger partial charge is 0.338 e. The Hall–Kier alpha value is -3.35. The van der Waals surface area contributed by atoms with Gasteiger partial charge in [0.2, 0.25) is 5.91 Å². The van der Waals surface area contributed by atoms with E-state index in [1.165, 1.54) is 7.11 Å². The van der Waals surface area contributed by atoms with Crippen molar-refractivity contribution in [2.75, 3.05) is 30.5 Å². The number of carbonyl (C=O) groups excluding carboxylic acids is 3. The van der Waals surface area contributed by atoms with E-state index in [2.05, 4.69) is 5.32 Å². The van der Waals surface area contributed by atoms with Gasteiger partial charge < -0.3 is 19.7 Å². The Bertz CT molecular complexity index is 830. The SMILES string of the molecule is COc1ccc(C(=O)OCC(=O)Nc2ccc(N3CCCC3=O)cc2)cc1. The van der Waals surface area contributed by atoms with Crippen LogP contribution in [0.4, 0.5) is 11.4 Å². The first kappa shape index (κ1) is 18.4. The fraction of sp³-hybridized carbons (Fsp3) is 0.250. The topological polar surface area (TPSA) is 84.9 Å². The molecular weight excluding hydrogens is 348 g/mol. The Kier molecular flexibility index (Phi) is 5.71. The van der Waals surface area contributed by atoms with Crippen LogP contribution < -0.4 is 15.0 Å². The molecule has 3 rings (SSSR count). The van der Waals surface area contributed by atoms with Gasteiger partial charge >= 0.3 is 5.97 Å². The van der Waals surface area contributed by atoms with Crippen molar-refractivity contribution in [1.29, 1.82) is 0 Å². The standard InChI is InChI=1S/C20H20N2O5/c1-26-17-10-4-14(5-11-17)20(25)27-13-18(23)21-15-6-8-16(9-7-15)22-12-2-3-19(22)24/h4-11H,2-3,12-13H2,1H3,(H,21,23). The van der Waals surface area contributed by atoms with E-state index in [0.29, 0.717) is 30.0 Å². The first-order chi connectivity index (χ1) is 13.1. The number of ether oxygens (including phenoxy) is 2. The molecule has 7 heteroatoms. The van der Waals surface area contributed by atoms with E-state index in [9.17, 15) is 14.4 Å². The maximum Gasteiger partial charge on any atom is 0.338 e. The molecule has 0 saturated carbocycles. The largest absolute Gasteiger partial charge is 0.497 e. The second-order valence-corrected chi connectivity index (χ2v) is 6.05. The molecule has 1 fully saturated rings. The number of nitrogens with one attached hydrogen (secondary N) is 1. The molecule has 0 aromatic heterocycles. The van der Waals surface area contributed by atoms with Gasteiger partial charge in [0.05, 0.1) is 12.7 Å². The van der Waals surface area contributed by atoms with Crippen molar-refractivity contribution in [2.45, 2.75) is 12.8 Å². The molecule has 7 nitrogen and oxygen atoms in total. The zero-order valence-corrected chi connectivity index (χ0v) is 14.9. The van der Waals surface area contributed by atoms with Gasteiger partial charge in [0.15, 0.2) is 6.61 Å². The van der Waals surface area contributed by atoms with Crippen molar-refractivity contribution in [3.8, 4) is 5.75 Å². The number of hydrogen-bond donors (Lipinski definition) is 1. The van der Waals surface area contributed by atoms with Crippen LogP contribution in [0.3, 0.4) is 0 Å². The summed E-state index contributed by atoms with van der Waals surface area (Å²) < 4.78 is 10.0. The summed E-state index contributed by atoms with van der Waals surface area (Å²) in [6.07, 6.45) is 1.43. The van der Waals surface area contributed by atoms with Crippen LogP contribution in [0.2, 0.25) is 0 Å². The molecule has 1 N–H and O–H groups in total. The Morgan fingerprint density at radius 2 is 1.78 bits per heavy atom. The predicted molar refractivity (Wildman–Crippen MR) is 99.9 cm³/mol. The van der Waals surface area contributed by atoms with Gasteiger partial charge in [0.1, 0.15) is 5.75 Å². The average molecular weight is 368 g/mol. The van der Waals surface area contributed by atoms with E-state index < -0.39 is 18.5 Å². The molecule has 0 aliphatic carbocycles. The van der Waals surface area contributed by atoms with E-state index in [1.54, 1.807) is 53.4 Å². The molecule has 1 aliphatic rings. The van der Waals surface area contributed by atoms with Crippen molar-refractivity contribution in [3.63, 3.8) is 0 Å². The third kappa shape index (κ3) is 4.63. The normalized spacial score (nSPS) is 13.4. The van der Waals surface area contributed by atoms with Crippen LogP contribution in [-0.4, -0.2) is 38.0 Å². The quantitative estimate of drug-likeness (QED) is 0.793. The lowest BCUT2D eigenvalue weighted by Crippen LogP contribution is -2.23. The monoisotopic (exact) mass is 368 g/mol. The molecule has 0 unspecified atom stereocenters. The van der Waals surface area contributed by atoms with Crippen molar-refractivity contribution in [2.24, 2.45) is 0 Å². The summed E-state index contributed by atoms with van der Waals surface area (Å²) in [6, 6.07) is 13.4. The van der Waals surface area contributed by atoms with Gasteiger partial charge in [-0.2, -0.15) is 0 Å². The van der Waals surface area contributed by atoms with Gasteiger partial charge in [-0.05, 0) is 55.0 Å². The molecule has 2 aromatic carbocycles. The van der Waals surface area contributed by atoms with Gasteiger partial charge in [0, 0.05) is 24.3 Å². The van der Waals surface area contributed by atoms with Gasteiger partial charge in [0.25, 0.3) is 5.91 Å². The molecule has 2 aromatic rings. The third-order valence-corrected chi connectivity index (χ3v) is 4.20. The number of benzene rings is 2. The highest BCUT2D eigenvalue weighted by molar-refractivity contribution is 5.97. The molecule has 0 spiro atoms. The van der Waals surface area contributed by atoms with Gasteiger partial charge in [-0.15, -0.1) is 0 Å². The van der Waals surface area contributed by atoms with E-state index in [-0.39, 0.29) is 5.91 Å². The molecule has 0 radical (unpaired) electrons. The Labute approximate surface area is 156 Å². The number of carbonyl (C=O) groups is 3. The summed E-state index contributed by atoms with van der Waals surface area (Å²) in [5.41, 5.74) is 1.71. The molecule has 1 saturated heterocycles. The number of nitrogens with zero attached hydrogens (tertiary/aromatic N) is 1. The van der Waals surface area contributed by atoms with Crippen molar-refractivity contribution in [3.05, 3.63) is 54.1 Å². The number of esters is 1. The number of rotatable bonds is 6. The minimum atomic E-state index is -0.587.